The molecular formula is C17H10Br2FNO2S2. The van der Waals surface area contributed by atoms with E-state index in [0.717, 1.165) is 8.95 Å². The molecule has 2 aromatic carbocycles. The van der Waals surface area contributed by atoms with Crippen molar-refractivity contribution < 1.29 is 13.9 Å². The predicted octanol–water partition coefficient (Wildman–Crippen LogP) is 5.42. The van der Waals surface area contributed by atoms with Gasteiger partial charge in [-0.2, -0.15) is 0 Å². The van der Waals surface area contributed by atoms with Crippen molar-refractivity contribution in [2.75, 3.05) is 0 Å². The van der Waals surface area contributed by atoms with E-state index in [9.17, 15) is 9.18 Å². The number of ether oxygens (including phenoxy) is 1. The van der Waals surface area contributed by atoms with Crippen molar-refractivity contribution in [3.8, 4) is 5.75 Å². The van der Waals surface area contributed by atoms with Gasteiger partial charge in [0.1, 0.15) is 22.5 Å². The molecule has 8 heteroatoms. The van der Waals surface area contributed by atoms with E-state index in [2.05, 4.69) is 37.2 Å². The molecule has 1 amide bonds. The molecule has 2 aromatic rings. The zero-order valence-electron chi connectivity index (χ0n) is 12.5. The van der Waals surface area contributed by atoms with Gasteiger partial charge in [-0.3, -0.25) is 4.79 Å². The fourth-order valence-electron chi connectivity index (χ4n) is 2.18. The number of hydrogen-bond acceptors (Lipinski definition) is 4. The minimum absolute atomic E-state index is 0.200. The highest BCUT2D eigenvalue weighted by Gasteiger charge is 2.23. The first-order chi connectivity index (χ1) is 11.9. The second-order valence-corrected chi connectivity index (χ2v) is 8.57. The van der Waals surface area contributed by atoms with Crippen LogP contribution in [0.1, 0.15) is 11.1 Å². The van der Waals surface area contributed by atoms with E-state index in [0.29, 0.717) is 26.1 Å². The molecule has 0 spiro atoms. The maximum atomic E-state index is 13.3. The Kier molecular flexibility index (Phi) is 5.93. The van der Waals surface area contributed by atoms with Crippen LogP contribution in [0.2, 0.25) is 0 Å². The summed E-state index contributed by atoms with van der Waals surface area (Å²) < 4.78 is 21.2. The van der Waals surface area contributed by atoms with Crippen LogP contribution in [0, 0.1) is 5.82 Å². The van der Waals surface area contributed by atoms with E-state index in [1.807, 2.05) is 12.1 Å². The Bertz CT molecular complexity index is 902. The van der Waals surface area contributed by atoms with Crippen LogP contribution in [-0.4, -0.2) is 10.2 Å². The quantitative estimate of drug-likeness (QED) is 0.447. The Balaban J connectivity index is 1.92. The third-order valence-corrected chi connectivity index (χ3v) is 5.45. The van der Waals surface area contributed by atoms with Crippen molar-refractivity contribution in [2.45, 2.75) is 6.61 Å². The molecule has 1 aliphatic rings. The average Bonchev–Trinajstić information content (AvgIpc) is 2.84. The molecule has 25 heavy (non-hydrogen) atoms. The minimum Gasteiger partial charge on any atom is -0.487 e. The van der Waals surface area contributed by atoms with Crippen LogP contribution >= 0.6 is 55.8 Å². The lowest BCUT2D eigenvalue weighted by Gasteiger charge is -2.13. The Morgan fingerprint density at radius 3 is 2.76 bits per heavy atom. The summed E-state index contributed by atoms with van der Waals surface area (Å²) in [6.45, 7) is 0.200. The van der Waals surface area contributed by atoms with Crippen molar-refractivity contribution in [2.24, 2.45) is 0 Å². The topological polar surface area (TPSA) is 38.3 Å². The molecule has 1 aliphatic heterocycles. The molecule has 0 saturated carbocycles. The zero-order chi connectivity index (χ0) is 18.0. The van der Waals surface area contributed by atoms with E-state index in [4.69, 9.17) is 17.0 Å². The Morgan fingerprint density at radius 1 is 1.28 bits per heavy atom. The van der Waals surface area contributed by atoms with Gasteiger partial charge in [-0.15, -0.1) is 0 Å². The van der Waals surface area contributed by atoms with Gasteiger partial charge in [0.15, 0.2) is 0 Å². The fraction of sp³-hybridized carbons (Fsp3) is 0.0588. The van der Waals surface area contributed by atoms with Gasteiger partial charge in [-0.05, 0) is 51.8 Å². The largest absolute Gasteiger partial charge is 0.487 e. The van der Waals surface area contributed by atoms with E-state index in [1.54, 1.807) is 18.2 Å². The third-order valence-electron chi connectivity index (χ3n) is 3.24. The standard InChI is InChI=1S/C17H10Br2FNO2S2/c18-11-5-10(6-14-16(22)21-17(24)25-14)15(13(19)7-11)23-8-9-2-1-3-12(20)4-9/h1-7H,8H2,(H,21,22,24)/b14-6-. The van der Waals surface area contributed by atoms with E-state index in [1.165, 1.54) is 23.9 Å². The second kappa shape index (κ2) is 7.99. The summed E-state index contributed by atoms with van der Waals surface area (Å²) in [7, 11) is 0. The normalized spacial score (nSPS) is 15.6. The summed E-state index contributed by atoms with van der Waals surface area (Å²) >= 11 is 13.1. The summed E-state index contributed by atoms with van der Waals surface area (Å²) in [5.74, 6) is 0.0132. The van der Waals surface area contributed by atoms with E-state index >= 15 is 0 Å². The fourth-order valence-corrected chi connectivity index (χ4v) is 4.59. The molecule has 3 nitrogen and oxygen atoms in total. The highest BCUT2D eigenvalue weighted by Crippen LogP contribution is 2.37. The molecule has 0 unspecified atom stereocenters. The van der Waals surface area contributed by atoms with Crippen molar-refractivity contribution >= 4 is 72.1 Å². The smallest absolute Gasteiger partial charge is 0.263 e. The molecule has 1 saturated heterocycles. The minimum atomic E-state index is -0.314. The number of rotatable bonds is 4. The number of carbonyl (C=O) groups is 1. The highest BCUT2D eigenvalue weighted by atomic mass is 79.9. The summed E-state index contributed by atoms with van der Waals surface area (Å²) in [6, 6.07) is 9.90. The number of amides is 1. The molecule has 1 N–H and O–H groups in total. The van der Waals surface area contributed by atoms with Gasteiger partial charge >= 0.3 is 0 Å². The van der Waals surface area contributed by atoms with Gasteiger partial charge in [0.25, 0.3) is 5.91 Å². The summed E-state index contributed by atoms with van der Waals surface area (Å²) in [5, 5.41) is 2.58. The molecule has 128 valence electrons. The van der Waals surface area contributed by atoms with Crippen LogP contribution in [0.3, 0.4) is 0 Å². The molecule has 3 rings (SSSR count). The number of hydrogen-bond donors (Lipinski definition) is 1. The van der Waals surface area contributed by atoms with Gasteiger partial charge in [0, 0.05) is 10.0 Å². The summed E-state index contributed by atoms with van der Waals surface area (Å²) in [6.07, 6.45) is 1.72. The third kappa shape index (κ3) is 4.69. The number of benzene rings is 2. The molecule has 0 radical (unpaired) electrons. The second-order valence-electron chi connectivity index (χ2n) is 5.08. The van der Waals surface area contributed by atoms with Crippen molar-refractivity contribution in [1.29, 1.82) is 0 Å². The predicted molar refractivity (Wildman–Crippen MR) is 109 cm³/mol. The average molecular weight is 503 g/mol. The van der Waals surface area contributed by atoms with Crippen LogP contribution in [-0.2, 0) is 11.4 Å². The van der Waals surface area contributed by atoms with Gasteiger partial charge in [0.2, 0.25) is 0 Å². The van der Waals surface area contributed by atoms with Gasteiger partial charge in [-0.1, -0.05) is 52.0 Å². The zero-order valence-corrected chi connectivity index (χ0v) is 17.3. The van der Waals surface area contributed by atoms with Crippen molar-refractivity contribution in [3.05, 3.63) is 67.2 Å². The Hall–Kier alpha value is -1.22. The molecule has 1 heterocycles. The number of thioether (sulfide) groups is 1. The van der Waals surface area contributed by atoms with Crippen LogP contribution in [0.5, 0.6) is 5.75 Å². The first kappa shape index (κ1) is 18.6. The lowest BCUT2D eigenvalue weighted by Crippen LogP contribution is -2.17. The molecule has 0 atom stereocenters. The summed E-state index contributed by atoms with van der Waals surface area (Å²) in [4.78, 5) is 12.4. The van der Waals surface area contributed by atoms with Crippen LogP contribution < -0.4 is 10.1 Å². The van der Waals surface area contributed by atoms with Gasteiger partial charge in [0.05, 0.1) is 9.38 Å². The SMILES string of the molecule is O=C1NC(=S)S/C1=C\c1cc(Br)cc(Br)c1OCc1cccc(F)c1. The van der Waals surface area contributed by atoms with Crippen molar-refractivity contribution in [1.82, 2.24) is 5.32 Å². The number of carbonyl (C=O) groups excluding carboxylic acids is 1. The number of thiocarbonyl (C=S) groups is 1. The first-order valence-corrected chi connectivity index (χ1v) is 9.84. The van der Waals surface area contributed by atoms with Gasteiger partial charge < -0.3 is 10.1 Å². The molecular weight excluding hydrogens is 493 g/mol. The number of halogens is 3. The lowest BCUT2D eigenvalue weighted by molar-refractivity contribution is -0.115. The van der Waals surface area contributed by atoms with Crippen LogP contribution in [0.25, 0.3) is 6.08 Å². The number of nitrogens with one attached hydrogen (secondary N) is 1. The van der Waals surface area contributed by atoms with E-state index < -0.39 is 0 Å². The Morgan fingerprint density at radius 2 is 2.08 bits per heavy atom. The maximum Gasteiger partial charge on any atom is 0.263 e. The molecule has 0 bridgehead atoms. The summed E-state index contributed by atoms with van der Waals surface area (Å²) in [5.41, 5.74) is 1.42. The lowest BCUT2D eigenvalue weighted by atomic mass is 10.1. The van der Waals surface area contributed by atoms with Crippen LogP contribution in [0.4, 0.5) is 4.39 Å². The maximum absolute atomic E-state index is 13.3. The molecule has 0 aliphatic carbocycles. The van der Waals surface area contributed by atoms with Crippen molar-refractivity contribution in [3.63, 3.8) is 0 Å². The highest BCUT2D eigenvalue weighted by molar-refractivity contribution is 9.11. The van der Waals surface area contributed by atoms with Crippen LogP contribution in [0.15, 0.2) is 50.2 Å². The Labute approximate surface area is 170 Å². The first-order valence-electron chi connectivity index (χ1n) is 7.03. The van der Waals surface area contributed by atoms with Gasteiger partial charge in [-0.25, -0.2) is 4.39 Å². The monoisotopic (exact) mass is 501 g/mol. The van der Waals surface area contributed by atoms with E-state index in [-0.39, 0.29) is 18.3 Å². The molecule has 0 aromatic heterocycles. The molecule has 1 fully saturated rings.